The zero-order chi connectivity index (χ0) is 28.4. The van der Waals surface area contributed by atoms with Gasteiger partial charge in [-0.15, -0.1) is 11.3 Å². The standard InChI is InChI=1S/C29H31N3O6S2/c1-30(40(34,35)22-10-11-25(37-3)26(19-22)38-4)21-9-12-27-20(17-21)18-28(39-27)29(33)32-15-13-31(14-16-32)23-7-5-6-8-24(23)36-2/h5-12,17-19H,13-16H2,1-4H3. The first-order valence-corrected chi connectivity index (χ1v) is 14.9. The summed E-state index contributed by atoms with van der Waals surface area (Å²) in [6.45, 7) is 2.62. The second kappa shape index (κ2) is 11.3. The van der Waals surface area contributed by atoms with Gasteiger partial charge in [-0.3, -0.25) is 9.10 Å². The average molecular weight is 582 g/mol. The summed E-state index contributed by atoms with van der Waals surface area (Å²) in [5.41, 5.74) is 1.52. The summed E-state index contributed by atoms with van der Waals surface area (Å²) < 4.78 is 44.9. The van der Waals surface area contributed by atoms with Gasteiger partial charge in [0.2, 0.25) is 0 Å². The molecule has 1 amide bonds. The highest BCUT2D eigenvalue weighted by molar-refractivity contribution is 7.92. The highest BCUT2D eigenvalue weighted by Crippen LogP contribution is 2.35. The fourth-order valence-electron chi connectivity index (χ4n) is 4.80. The Kier molecular flexibility index (Phi) is 7.77. The first-order chi connectivity index (χ1) is 19.3. The van der Waals surface area contributed by atoms with Crippen LogP contribution in [0.25, 0.3) is 10.1 Å². The number of nitrogens with zero attached hydrogens (tertiary/aromatic N) is 3. The molecule has 1 saturated heterocycles. The Morgan fingerprint density at radius 3 is 2.23 bits per heavy atom. The second-order valence-corrected chi connectivity index (χ2v) is 12.3. The van der Waals surface area contributed by atoms with Crippen LogP contribution in [0.3, 0.4) is 0 Å². The lowest BCUT2D eigenvalue weighted by Crippen LogP contribution is -2.48. The smallest absolute Gasteiger partial charge is 0.264 e. The summed E-state index contributed by atoms with van der Waals surface area (Å²) in [6, 6.07) is 19.6. The number of fused-ring (bicyclic) bond motifs is 1. The molecule has 3 aromatic carbocycles. The summed E-state index contributed by atoms with van der Waals surface area (Å²) in [7, 11) is 2.26. The van der Waals surface area contributed by atoms with Crippen LogP contribution in [0.1, 0.15) is 9.67 Å². The molecule has 40 heavy (non-hydrogen) atoms. The van der Waals surface area contributed by atoms with Crippen molar-refractivity contribution in [3.05, 3.63) is 71.6 Å². The third-order valence-corrected chi connectivity index (χ3v) is 9.97. The van der Waals surface area contributed by atoms with Crippen LogP contribution in [0.4, 0.5) is 11.4 Å². The summed E-state index contributed by atoms with van der Waals surface area (Å²) in [6.07, 6.45) is 0. The van der Waals surface area contributed by atoms with Crippen molar-refractivity contribution in [2.45, 2.75) is 4.90 Å². The van der Waals surface area contributed by atoms with Crippen LogP contribution < -0.4 is 23.4 Å². The van der Waals surface area contributed by atoms with Crippen LogP contribution in [0.15, 0.2) is 71.6 Å². The number of methoxy groups -OCH3 is 3. The SMILES string of the molecule is COc1ccc(S(=O)(=O)N(C)c2ccc3sc(C(=O)N4CCN(c5ccccc5OC)CC4)cc3c2)cc1OC. The number of amides is 1. The van der Waals surface area contributed by atoms with E-state index >= 15 is 0 Å². The highest BCUT2D eigenvalue weighted by Gasteiger charge is 2.26. The molecule has 0 bridgehead atoms. The van der Waals surface area contributed by atoms with Crippen molar-refractivity contribution < 1.29 is 27.4 Å². The van der Waals surface area contributed by atoms with Gasteiger partial charge >= 0.3 is 0 Å². The van der Waals surface area contributed by atoms with Gasteiger partial charge in [0.15, 0.2) is 11.5 Å². The lowest BCUT2D eigenvalue weighted by molar-refractivity contribution is 0.0751. The van der Waals surface area contributed by atoms with Crippen molar-refractivity contribution in [1.29, 1.82) is 0 Å². The van der Waals surface area contributed by atoms with E-state index in [1.54, 1.807) is 25.3 Å². The molecule has 0 atom stereocenters. The number of sulfonamides is 1. The van der Waals surface area contributed by atoms with Crippen molar-refractivity contribution in [3.8, 4) is 17.2 Å². The molecular weight excluding hydrogens is 550 g/mol. The number of rotatable bonds is 8. The molecule has 210 valence electrons. The summed E-state index contributed by atoms with van der Waals surface area (Å²) >= 11 is 1.41. The van der Waals surface area contributed by atoms with E-state index < -0.39 is 10.0 Å². The largest absolute Gasteiger partial charge is 0.495 e. The number of hydrogen-bond acceptors (Lipinski definition) is 8. The number of carbonyl (C=O) groups is 1. The van der Waals surface area contributed by atoms with E-state index in [0.717, 1.165) is 21.5 Å². The summed E-state index contributed by atoms with van der Waals surface area (Å²) in [4.78, 5) is 18.2. The minimum absolute atomic E-state index is 0.0197. The Morgan fingerprint density at radius 1 is 0.825 bits per heavy atom. The van der Waals surface area contributed by atoms with Gasteiger partial charge in [0.25, 0.3) is 15.9 Å². The Labute approximate surface area is 238 Å². The van der Waals surface area contributed by atoms with Gasteiger partial charge in [-0.2, -0.15) is 0 Å². The van der Waals surface area contributed by atoms with E-state index in [9.17, 15) is 13.2 Å². The second-order valence-electron chi connectivity index (χ2n) is 9.27. The quantitative estimate of drug-likeness (QED) is 0.298. The molecule has 11 heteroatoms. The molecule has 1 aliphatic rings. The van der Waals surface area contributed by atoms with Crippen molar-refractivity contribution in [3.63, 3.8) is 0 Å². The number of benzene rings is 3. The zero-order valence-corrected chi connectivity index (χ0v) is 24.4. The molecular formula is C29H31N3O6S2. The van der Waals surface area contributed by atoms with Crippen LogP contribution in [0.5, 0.6) is 17.2 Å². The first kappa shape index (κ1) is 27.6. The van der Waals surface area contributed by atoms with Gasteiger partial charge in [0, 0.05) is 44.0 Å². The molecule has 0 aliphatic carbocycles. The molecule has 9 nitrogen and oxygen atoms in total. The van der Waals surface area contributed by atoms with E-state index in [0.29, 0.717) is 48.2 Å². The lowest BCUT2D eigenvalue weighted by atomic mass is 10.2. The Bertz CT molecular complexity index is 1640. The van der Waals surface area contributed by atoms with Gasteiger partial charge in [-0.25, -0.2) is 8.42 Å². The van der Waals surface area contributed by atoms with E-state index in [1.807, 2.05) is 41.3 Å². The maximum atomic E-state index is 13.4. The number of carbonyl (C=O) groups excluding carboxylic acids is 1. The molecule has 1 aliphatic heterocycles. The molecule has 5 rings (SSSR count). The van der Waals surface area contributed by atoms with Crippen LogP contribution in [-0.2, 0) is 10.0 Å². The van der Waals surface area contributed by atoms with E-state index in [1.165, 1.54) is 49.0 Å². The van der Waals surface area contributed by atoms with Crippen molar-refractivity contribution in [2.75, 3.05) is 63.8 Å². The van der Waals surface area contributed by atoms with Gasteiger partial charge in [0.05, 0.1) is 42.5 Å². The Morgan fingerprint density at radius 2 is 1.52 bits per heavy atom. The molecule has 0 radical (unpaired) electrons. The van der Waals surface area contributed by atoms with Gasteiger partial charge < -0.3 is 24.0 Å². The topological polar surface area (TPSA) is 88.6 Å². The van der Waals surface area contributed by atoms with Crippen molar-refractivity contribution in [1.82, 2.24) is 4.90 Å². The summed E-state index contributed by atoms with van der Waals surface area (Å²) in [5.74, 6) is 1.58. The Balaban J connectivity index is 1.32. The first-order valence-electron chi connectivity index (χ1n) is 12.7. The van der Waals surface area contributed by atoms with E-state index in [4.69, 9.17) is 14.2 Å². The number of ether oxygens (including phenoxy) is 3. The minimum atomic E-state index is -3.87. The highest BCUT2D eigenvalue weighted by atomic mass is 32.2. The molecule has 4 aromatic rings. The van der Waals surface area contributed by atoms with Crippen LogP contribution >= 0.6 is 11.3 Å². The maximum absolute atomic E-state index is 13.4. The predicted molar refractivity (Wildman–Crippen MR) is 158 cm³/mol. The third-order valence-electron chi connectivity index (χ3n) is 7.08. The average Bonchev–Trinajstić information content (AvgIpc) is 3.43. The number of para-hydroxylation sites is 2. The fourth-order valence-corrected chi connectivity index (χ4v) is 7.02. The summed E-state index contributed by atoms with van der Waals surface area (Å²) in [5, 5.41) is 0.813. The van der Waals surface area contributed by atoms with E-state index in [2.05, 4.69) is 4.90 Å². The molecule has 0 saturated carbocycles. The third kappa shape index (κ3) is 5.14. The normalized spacial score (nSPS) is 13.8. The van der Waals surface area contributed by atoms with Crippen molar-refractivity contribution in [2.24, 2.45) is 0 Å². The minimum Gasteiger partial charge on any atom is -0.495 e. The maximum Gasteiger partial charge on any atom is 0.264 e. The molecule has 0 spiro atoms. The number of anilines is 2. The molecule has 0 N–H and O–H groups in total. The number of hydrogen-bond donors (Lipinski definition) is 0. The van der Waals surface area contributed by atoms with Gasteiger partial charge in [-0.1, -0.05) is 12.1 Å². The fraction of sp³-hybridized carbons (Fsp3) is 0.276. The predicted octanol–water partition coefficient (Wildman–Crippen LogP) is 4.71. The van der Waals surface area contributed by atoms with Gasteiger partial charge in [-0.05, 0) is 53.9 Å². The molecule has 1 aromatic heterocycles. The lowest BCUT2D eigenvalue weighted by Gasteiger charge is -2.36. The monoisotopic (exact) mass is 581 g/mol. The van der Waals surface area contributed by atoms with Crippen LogP contribution in [0.2, 0.25) is 0 Å². The molecule has 0 unspecified atom stereocenters. The van der Waals surface area contributed by atoms with Crippen LogP contribution in [-0.4, -0.2) is 73.8 Å². The van der Waals surface area contributed by atoms with Gasteiger partial charge in [0.1, 0.15) is 5.75 Å². The Hall–Kier alpha value is -3.96. The van der Waals surface area contributed by atoms with Crippen molar-refractivity contribution >= 4 is 48.7 Å². The number of thiophene rings is 1. The molecule has 2 heterocycles. The van der Waals surface area contributed by atoms with Crippen LogP contribution in [0, 0.1) is 0 Å². The zero-order valence-electron chi connectivity index (χ0n) is 22.8. The van der Waals surface area contributed by atoms with E-state index in [-0.39, 0.29) is 10.8 Å². The number of piperazine rings is 1. The molecule has 1 fully saturated rings.